The topological polar surface area (TPSA) is 75.4 Å². The number of anilines is 1. The highest BCUT2D eigenvalue weighted by Gasteiger charge is 2.19. The van der Waals surface area contributed by atoms with E-state index < -0.39 is 10.2 Å². The lowest BCUT2D eigenvalue weighted by atomic mass is 10.1. The van der Waals surface area contributed by atoms with Gasteiger partial charge in [-0.3, -0.25) is 4.72 Å². The second-order valence-electron chi connectivity index (χ2n) is 4.45. The van der Waals surface area contributed by atoms with Gasteiger partial charge in [0, 0.05) is 18.8 Å². The summed E-state index contributed by atoms with van der Waals surface area (Å²) in [6, 6.07) is 7.16. The first-order chi connectivity index (χ1) is 8.36. The maximum Gasteiger partial charge on any atom is 0.301 e. The smallest absolute Gasteiger partial charge is 0.301 e. The van der Waals surface area contributed by atoms with Gasteiger partial charge in [-0.05, 0) is 44.5 Å². The molecule has 5 nitrogen and oxygen atoms in total. The van der Waals surface area contributed by atoms with Crippen LogP contribution in [0.25, 0.3) is 0 Å². The Labute approximate surface area is 109 Å². The Morgan fingerprint density at radius 2 is 1.83 bits per heavy atom. The summed E-state index contributed by atoms with van der Waals surface area (Å²) in [5.41, 5.74) is 7.11. The minimum atomic E-state index is -3.48. The highest BCUT2D eigenvalue weighted by molar-refractivity contribution is 7.90. The first-order valence-electron chi connectivity index (χ1n) is 5.91. The van der Waals surface area contributed by atoms with Crippen molar-refractivity contribution in [3.8, 4) is 0 Å². The molecule has 18 heavy (non-hydrogen) atoms. The lowest BCUT2D eigenvalue weighted by Gasteiger charge is -2.21. The minimum absolute atomic E-state index is 0.0842. The number of rotatable bonds is 6. The van der Waals surface area contributed by atoms with Gasteiger partial charge >= 0.3 is 10.2 Å². The molecule has 0 bridgehead atoms. The van der Waals surface area contributed by atoms with E-state index in [1.54, 1.807) is 19.2 Å². The zero-order chi connectivity index (χ0) is 13.8. The van der Waals surface area contributed by atoms with E-state index in [0.717, 1.165) is 12.0 Å². The highest BCUT2D eigenvalue weighted by Crippen LogP contribution is 2.13. The van der Waals surface area contributed by atoms with Gasteiger partial charge in [0.05, 0.1) is 0 Å². The number of nitrogens with two attached hydrogens (primary N) is 1. The van der Waals surface area contributed by atoms with Gasteiger partial charge in [0.25, 0.3) is 0 Å². The monoisotopic (exact) mass is 271 g/mol. The van der Waals surface area contributed by atoms with E-state index in [-0.39, 0.29) is 6.04 Å². The van der Waals surface area contributed by atoms with Crippen molar-refractivity contribution in [2.75, 3.05) is 18.3 Å². The third-order valence-electron chi connectivity index (χ3n) is 2.74. The van der Waals surface area contributed by atoms with Crippen LogP contribution in [0.3, 0.4) is 0 Å². The summed E-state index contributed by atoms with van der Waals surface area (Å²) in [5, 5.41) is 0. The molecule has 6 heteroatoms. The van der Waals surface area contributed by atoms with Gasteiger partial charge in [-0.1, -0.05) is 12.1 Å². The maximum absolute atomic E-state index is 11.9. The third kappa shape index (κ3) is 3.97. The molecule has 0 amide bonds. The summed E-state index contributed by atoms with van der Waals surface area (Å²) >= 11 is 0. The number of nitrogens with one attached hydrogen (secondary N) is 1. The number of benzene rings is 1. The second kappa shape index (κ2) is 6.17. The Balaban J connectivity index is 2.78. The Bertz CT molecular complexity index is 469. The first kappa shape index (κ1) is 14.9. The first-order valence-corrected chi connectivity index (χ1v) is 7.35. The van der Waals surface area contributed by atoms with Crippen molar-refractivity contribution in [2.24, 2.45) is 5.73 Å². The molecule has 0 aliphatic rings. The fraction of sp³-hybridized carbons (Fsp3) is 0.500. The summed E-state index contributed by atoms with van der Waals surface area (Å²) in [6.07, 6.45) is 0.791. The Morgan fingerprint density at radius 3 is 2.28 bits per heavy atom. The van der Waals surface area contributed by atoms with Crippen molar-refractivity contribution in [3.05, 3.63) is 29.8 Å². The molecule has 0 unspecified atom stereocenters. The summed E-state index contributed by atoms with van der Waals surface area (Å²) in [5.74, 6) is 0. The van der Waals surface area contributed by atoms with Gasteiger partial charge in [-0.25, -0.2) is 0 Å². The minimum Gasteiger partial charge on any atom is -0.330 e. The summed E-state index contributed by atoms with van der Waals surface area (Å²) < 4.78 is 27.7. The molecular weight excluding hydrogens is 250 g/mol. The average Bonchev–Trinajstić information content (AvgIpc) is 2.30. The molecule has 0 aliphatic heterocycles. The fourth-order valence-electron chi connectivity index (χ4n) is 1.40. The SMILES string of the molecule is CC(C)N(C)S(=O)(=O)Nc1ccc(CCN)cc1. The number of hydrogen-bond acceptors (Lipinski definition) is 3. The van der Waals surface area contributed by atoms with Crippen LogP contribution < -0.4 is 10.5 Å². The Kier molecular flexibility index (Phi) is 5.13. The second-order valence-corrected chi connectivity index (χ2v) is 6.18. The average molecular weight is 271 g/mol. The maximum atomic E-state index is 11.9. The van der Waals surface area contributed by atoms with E-state index in [1.807, 2.05) is 26.0 Å². The van der Waals surface area contributed by atoms with Gasteiger partial charge in [-0.15, -0.1) is 0 Å². The number of nitrogens with zero attached hydrogens (tertiary/aromatic N) is 1. The molecule has 0 saturated heterocycles. The molecule has 0 aliphatic carbocycles. The molecule has 1 aromatic rings. The van der Waals surface area contributed by atoms with Gasteiger partial charge in [-0.2, -0.15) is 12.7 Å². The zero-order valence-electron chi connectivity index (χ0n) is 11.1. The predicted octanol–water partition coefficient (Wildman–Crippen LogP) is 1.18. The molecular formula is C12H21N3O2S. The van der Waals surface area contributed by atoms with Crippen molar-refractivity contribution < 1.29 is 8.42 Å². The van der Waals surface area contributed by atoms with Crippen LogP contribution in [0.1, 0.15) is 19.4 Å². The molecule has 0 heterocycles. The zero-order valence-corrected chi connectivity index (χ0v) is 11.9. The third-order valence-corrected chi connectivity index (χ3v) is 4.41. The molecule has 0 radical (unpaired) electrons. The highest BCUT2D eigenvalue weighted by atomic mass is 32.2. The lowest BCUT2D eigenvalue weighted by molar-refractivity contribution is 0.414. The van der Waals surface area contributed by atoms with Crippen LogP contribution in [0.2, 0.25) is 0 Å². The van der Waals surface area contributed by atoms with Crippen LogP contribution >= 0.6 is 0 Å². The Hall–Kier alpha value is -1.11. The fourth-order valence-corrected chi connectivity index (χ4v) is 2.54. The van der Waals surface area contributed by atoms with E-state index in [9.17, 15) is 8.42 Å². The van der Waals surface area contributed by atoms with Crippen molar-refractivity contribution in [1.82, 2.24) is 4.31 Å². The van der Waals surface area contributed by atoms with Gasteiger partial charge in [0.15, 0.2) is 0 Å². The molecule has 102 valence electrons. The van der Waals surface area contributed by atoms with Crippen LogP contribution in [0.15, 0.2) is 24.3 Å². The molecule has 0 atom stereocenters. The molecule has 0 aromatic heterocycles. The van der Waals surface area contributed by atoms with Crippen LogP contribution in [-0.4, -0.2) is 32.4 Å². The summed E-state index contributed by atoms with van der Waals surface area (Å²) in [6.45, 7) is 4.23. The van der Waals surface area contributed by atoms with Crippen LogP contribution in [0, 0.1) is 0 Å². The van der Waals surface area contributed by atoms with Crippen LogP contribution in [-0.2, 0) is 16.6 Å². The van der Waals surface area contributed by atoms with Crippen molar-refractivity contribution in [3.63, 3.8) is 0 Å². The largest absolute Gasteiger partial charge is 0.330 e. The van der Waals surface area contributed by atoms with Crippen molar-refractivity contribution in [2.45, 2.75) is 26.3 Å². The molecule has 0 saturated carbocycles. The van der Waals surface area contributed by atoms with Crippen LogP contribution in [0.4, 0.5) is 5.69 Å². The van der Waals surface area contributed by atoms with Gasteiger partial charge < -0.3 is 5.73 Å². The molecule has 0 fully saturated rings. The molecule has 3 N–H and O–H groups in total. The molecule has 1 rings (SSSR count). The Morgan fingerprint density at radius 1 is 1.28 bits per heavy atom. The van der Waals surface area contributed by atoms with E-state index in [4.69, 9.17) is 5.73 Å². The normalized spacial score (nSPS) is 12.1. The van der Waals surface area contributed by atoms with Gasteiger partial charge in [0.2, 0.25) is 0 Å². The van der Waals surface area contributed by atoms with E-state index in [0.29, 0.717) is 12.2 Å². The van der Waals surface area contributed by atoms with Crippen LogP contribution in [0.5, 0.6) is 0 Å². The summed E-state index contributed by atoms with van der Waals surface area (Å²) in [7, 11) is -1.93. The molecule has 1 aromatic carbocycles. The standard InChI is InChI=1S/C12H21N3O2S/c1-10(2)15(3)18(16,17)14-12-6-4-11(5-7-12)8-9-13/h4-7,10,14H,8-9,13H2,1-3H3. The quantitative estimate of drug-likeness (QED) is 0.816. The molecule has 0 spiro atoms. The lowest BCUT2D eigenvalue weighted by Crippen LogP contribution is -2.37. The summed E-state index contributed by atoms with van der Waals surface area (Å²) in [4.78, 5) is 0. The van der Waals surface area contributed by atoms with E-state index >= 15 is 0 Å². The van der Waals surface area contributed by atoms with Crippen molar-refractivity contribution in [1.29, 1.82) is 0 Å². The van der Waals surface area contributed by atoms with E-state index in [2.05, 4.69) is 4.72 Å². The number of hydrogen-bond donors (Lipinski definition) is 2. The van der Waals surface area contributed by atoms with Crippen molar-refractivity contribution >= 4 is 15.9 Å². The van der Waals surface area contributed by atoms with Gasteiger partial charge in [0.1, 0.15) is 0 Å². The predicted molar refractivity (Wildman–Crippen MR) is 74.6 cm³/mol. The van der Waals surface area contributed by atoms with E-state index in [1.165, 1.54) is 4.31 Å².